The Labute approximate surface area is 160 Å². The quantitative estimate of drug-likeness (QED) is 0.508. The van der Waals surface area contributed by atoms with Crippen molar-refractivity contribution in [2.24, 2.45) is 0 Å². The summed E-state index contributed by atoms with van der Waals surface area (Å²) in [4.78, 5) is 25.0. The topological polar surface area (TPSA) is 55.8 Å². The minimum absolute atomic E-state index is 0.0228. The maximum Gasteiger partial charge on any atom is 0.387 e. The summed E-state index contributed by atoms with van der Waals surface area (Å²) in [5, 5.41) is 0. The van der Waals surface area contributed by atoms with Gasteiger partial charge in [0.05, 0.1) is 0 Å². The van der Waals surface area contributed by atoms with E-state index in [4.69, 9.17) is 4.74 Å². The zero-order valence-electron chi connectivity index (χ0n) is 15.0. The van der Waals surface area contributed by atoms with E-state index in [-0.39, 0.29) is 18.1 Å². The molecule has 0 N–H and O–H groups in total. The number of ether oxygens (including phenoxy) is 2. The highest BCUT2D eigenvalue weighted by molar-refractivity contribution is 5.89. The number of rotatable bonds is 8. The minimum Gasteiger partial charge on any atom is -0.452 e. The van der Waals surface area contributed by atoms with Crippen LogP contribution in [0.2, 0.25) is 0 Å². The van der Waals surface area contributed by atoms with Crippen LogP contribution >= 0.6 is 0 Å². The molecule has 2 aromatic rings. The van der Waals surface area contributed by atoms with Gasteiger partial charge in [0, 0.05) is 19.7 Å². The van der Waals surface area contributed by atoms with Crippen molar-refractivity contribution in [3.8, 4) is 5.75 Å². The lowest BCUT2D eigenvalue weighted by molar-refractivity contribution is -0.147. The fourth-order valence-corrected chi connectivity index (χ4v) is 2.17. The van der Waals surface area contributed by atoms with Gasteiger partial charge in [-0.25, -0.2) is 9.18 Å². The van der Waals surface area contributed by atoms with Crippen LogP contribution in [0.3, 0.4) is 0 Å². The number of esters is 1. The second-order valence-electron chi connectivity index (χ2n) is 5.76. The molecule has 2 aromatic carbocycles. The smallest absolute Gasteiger partial charge is 0.387 e. The summed E-state index contributed by atoms with van der Waals surface area (Å²) >= 11 is 0. The molecule has 0 spiro atoms. The summed E-state index contributed by atoms with van der Waals surface area (Å²) in [5.41, 5.74) is 1.31. The van der Waals surface area contributed by atoms with E-state index in [1.165, 1.54) is 54.4 Å². The first-order valence-electron chi connectivity index (χ1n) is 8.21. The Morgan fingerprint density at radius 3 is 2.32 bits per heavy atom. The highest BCUT2D eigenvalue weighted by Gasteiger charge is 2.12. The summed E-state index contributed by atoms with van der Waals surface area (Å²) in [6.07, 6.45) is 2.58. The molecular formula is C20H18F3NO4. The van der Waals surface area contributed by atoms with E-state index in [2.05, 4.69) is 4.74 Å². The predicted octanol–water partition coefficient (Wildman–Crippen LogP) is 3.64. The Morgan fingerprint density at radius 2 is 1.71 bits per heavy atom. The van der Waals surface area contributed by atoms with Gasteiger partial charge in [-0.15, -0.1) is 0 Å². The molecule has 5 nitrogen and oxygen atoms in total. The molecule has 0 aliphatic heterocycles. The molecule has 0 fully saturated rings. The lowest BCUT2D eigenvalue weighted by atomic mass is 10.2. The fraction of sp³-hybridized carbons (Fsp3) is 0.200. The molecule has 0 aliphatic carbocycles. The average Bonchev–Trinajstić information content (AvgIpc) is 2.66. The number of likely N-dealkylation sites (N-methyl/N-ethyl adjacent to an activating group) is 1. The number of halogens is 3. The molecule has 0 bridgehead atoms. The third-order valence-corrected chi connectivity index (χ3v) is 3.61. The van der Waals surface area contributed by atoms with Crippen LogP contribution in [0.4, 0.5) is 13.2 Å². The van der Waals surface area contributed by atoms with E-state index in [1.807, 2.05) is 0 Å². The zero-order chi connectivity index (χ0) is 20.5. The molecule has 8 heteroatoms. The van der Waals surface area contributed by atoms with E-state index in [0.29, 0.717) is 11.1 Å². The molecular weight excluding hydrogens is 375 g/mol. The van der Waals surface area contributed by atoms with Crippen molar-refractivity contribution in [1.29, 1.82) is 0 Å². The van der Waals surface area contributed by atoms with Crippen LogP contribution in [0, 0.1) is 5.82 Å². The van der Waals surface area contributed by atoms with Crippen LogP contribution in [-0.4, -0.2) is 37.0 Å². The SMILES string of the molecule is CN(Cc1ccc(OC(F)F)cc1)C(=O)COC(=O)/C=C/c1ccc(F)cc1. The van der Waals surface area contributed by atoms with Crippen molar-refractivity contribution in [3.63, 3.8) is 0 Å². The van der Waals surface area contributed by atoms with E-state index in [9.17, 15) is 22.8 Å². The lowest BCUT2D eigenvalue weighted by Gasteiger charge is -2.17. The van der Waals surface area contributed by atoms with Crippen LogP contribution < -0.4 is 4.74 Å². The molecule has 0 aromatic heterocycles. The first-order chi connectivity index (χ1) is 13.3. The van der Waals surface area contributed by atoms with Gasteiger partial charge in [0.25, 0.3) is 5.91 Å². The average molecular weight is 393 g/mol. The normalized spacial score (nSPS) is 10.9. The summed E-state index contributed by atoms with van der Waals surface area (Å²) in [7, 11) is 1.52. The van der Waals surface area contributed by atoms with Crippen molar-refractivity contribution in [3.05, 3.63) is 71.6 Å². The molecule has 148 valence electrons. The highest BCUT2D eigenvalue weighted by atomic mass is 19.3. The summed E-state index contributed by atoms with van der Waals surface area (Å²) in [6.45, 7) is -3.14. The summed E-state index contributed by atoms with van der Waals surface area (Å²) in [6, 6.07) is 11.4. The maximum absolute atomic E-state index is 12.8. The van der Waals surface area contributed by atoms with Crippen LogP contribution in [0.15, 0.2) is 54.6 Å². The van der Waals surface area contributed by atoms with Crippen LogP contribution in [0.25, 0.3) is 6.08 Å². The fourth-order valence-electron chi connectivity index (χ4n) is 2.17. The number of benzene rings is 2. The number of hydrogen-bond acceptors (Lipinski definition) is 4. The van der Waals surface area contributed by atoms with Gasteiger partial charge in [0.1, 0.15) is 11.6 Å². The zero-order valence-corrected chi connectivity index (χ0v) is 15.0. The third-order valence-electron chi connectivity index (χ3n) is 3.61. The third kappa shape index (κ3) is 7.14. The molecule has 0 radical (unpaired) electrons. The van der Waals surface area contributed by atoms with Crippen LogP contribution in [0.5, 0.6) is 5.75 Å². The Hall–Kier alpha value is -3.29. The van der Waals surface area contributed by atoms with E-state index in [0.717, 1.165) is 6.08 Å². The molecule has 1 amide bonds. The number of amides is 1. The molecule has 0 atom stereocenters. The monoisotopic (exact) mass is 393 g/mol. The number of alkyl halides is 2. The summed E-state index contributed by atoms with van der Waals surface area (Å²) < 4.78 is 46.2. The summed E-state index contributed by atoms with van der Waals surface area (Å²) in [5.74, 6) is -1.50. The van der Waals surface area contributed by atoms with E-state index >= 15 is 0 Å². The van der Waals surface area contributed by atoms with E-state index in [1.54, 1.807) is 12.1 Å². The Kier molecular flexibility index (Phi) is 7.62. The number of carbonyl (C=O) groups is 2. The van der Waals surface area contributed by atoms with Crippen molar-refractivity contribution in [2.45, 2.75) is 13.2 Å². The van der Waals surface area contributed by atoms with Crippen molar-refractivity contribution in [1.82, 2.24) is 4.90 Å². The van der Waals surface area contributed by atoms with Crippen LogP contribution in [0.1, 0.15) is 11.1 Å². The number of carbonyl (C=O) groups excluding carboxylic acids is 2. The van der Waals surface area contributed by atoms with Gasteiger partial charge >= 0.3 is 12.6 Å². The van der Waals surface area contributed by atoms with Crippen molar-refractivity contribution >= 4 is 18.0 Å². The largest absolute Gasteiger partial charge is 0.452 e. The second kappa shape index (κ2) is 10.1. The first-order valence-corrected chi connectivity index (χ1v) is 8.21. The van der Waals surface area contributed by atoms with Gasteiger partial charge in [0.2, 0.25) is 0 Å². The molecule has 0 aliphatic rings. The van der Waals surface area contributed by atoms with Gasteiger partial charge in [-0.1, -0.05) is 24.3 Å². The molecule has 0 saturated heterocycles. The van der Waals surface area contributed by atoms with Gasteiger partial charge in [-0.3, -0.25) is 4.79 Å². The van der Waals surface area contributed by atoms with E-state index < -0.39 is 25.1 Å². The molecule has 0 unspecified atom stereocenters. The first kappa shape index (κ1) is 21.0. The van der Waals surface area contributed by atoms with Gasteiger partial charge in [-0.2, -0.15) is 8.78 Å². The Bertz CT molecular complexity index is 820. The minimum atomic E-state index is -2.90. The lowest BCUT2D eigenvalue weighted by Crippen LogP contribution is -2.30. The van der Waals surface area contributed by atoms with Crippen molar-refractivity contribution in [2.75, 3.05) is 13.7 Å². The molecule has 2 rings (SSSR count). The highest BCUT2D eigenvalue weighted by Crippen LogP contribution is 2.15. The molecule has 0 saturated carbocycles. The number of nitrogens with zero attached hydrogens (tertiary/aromatic N) is 1. The van der Waals surface area contributed by atoms with Gasteiger partial charge in [-0.05, 0) is 41.5 Å². The number of hydrogen-bond donors (Lipinski definition) is 0. The molecule has 28 heavy (non-hydrogen) atoms. The second-order valence-corrected chi connectivity index (χ2v) is 5.76. The predicted molar refractivity (Wildman–Crippen MR) is 95.9 cm³/mol. The Balaban J connectivity index is 1.78. The van der Waals surface area contributed by atoms with Crippen molar-refractivity contribution < 1.29 is 32.2 Å². The maximum atomic E-state index is 12.8. The van der Waals surface area contributed by atoms with Gasteiger partial charge < -0.3 is 14.4 Å². The Morgan fingerprint density at radius 1 is 1.07 bits per heavy atom. The van der Waals surface area contributed by atoms with Gasteiger partial charge in [0.15, 0.2) is 6.61 Å². The molecule has 0 heterocycles. The standard InChI is InChI=1S/C20H18F3NO4/c1-24(12-15-4-9-17(10-5-15)28-20(22)23)18(25)13-27-19(26)11-6-14-2-7-16(21)8-3-14/h2-11,20H,12-13H2,1H3/b11-6+. The van der Waals surface area contributed by atoms with Crippen LogP contribution in [-0.2, 0) is 20.9 Å².